The van der Waals surface area contributed by atoms with Gasteiger partial charge < -0.3 is 4.74 Å². The first-order valence-corrected chi connectivity index (χ1v) is 10.1. The van der Waals surface area contributed by atoms with Gasteiger partial charge in [0.25, 0.3) is 5.91 Å². The molecule has 154 valence electrons. The Morgan fingerprint density at radius 3 is 2.29 bits per heavy atom. The molecule has 0 unspecified atom stereocenters. The minimum Gasteiger partial charge on any atom is -0.426 e. The number of esters is 1. The number of ether oxygens (including phenoxy) is 1. The van der Waals surface area contributed by atoms with Crippen LogP contribution in [0.4, 0.5) is 0 Å². The summed E-state index contributed by atoms with van der Waals surface area (Å²) in [5.41, 5.74) is 3.34. The van der Waals surface area contributed by atoms with Gasteiger partial charge in [-0.15, -0.1) is 0 Å². The van der Waals surface area contributed by atoms with E-state index in [1.54, 1.807) is 18.2 Å². The molecule has 0 saturated heterocycles. The second kappa shape index (κ2) is 9.22. The van der Waals surface area contributed by atoms with E-state index in [2.05, 4.69) is 5.10 Å². The third-order valence-electron chi connectivity index (χ3n) is 4.99. The van der Waals surface area contributed by atoms with Gasteiger partial charge in [0.1, 0.15) is 5.75 Å². The summed E-state index contributed by atoms with van der Waals surface area (Å²) in [7, 11) is 0. The third kappa shape index (κ3) is 4.78. The molecule has 1 amide bonds. The predicted molar refractivity (Wildman–Crippen MR) is 120 cm³/mol. The summed E-state index contributed by atoms with van der Waals surface area (Å²) < 4.78 is 5.36. The fraction of sp³-hybridized carbons (Fsp3) is 0.115. The second-order valence-corrected chi connectivity index (χ2v) is 7.19. The summed E-state index contributed by atoms with van der Waals surface area (Å²) in [6.07, 6.45) is 3.84. The zero-order valence-electron chi connectivity index (χ0n) is 17.1. The first-order chi connectivity index (χ1) is 15.1. The molecule has 1 heterocycles. The predicted octanol–water partition coefficient (Wildman–Crippen LogP) is 5.00. The van der Waals surface area contributed by atoms with Crippen LogP contribution >= 0.6 is 0 Å². The van der Waals surface area contributed by atoms with E-state index in [9.17, 15) is 9.59 Å². The number of carbonyl (C=O) groups excluding carboxylic acids is 2. The Bertz CT molecular complexity index is 1140. The van der Waals surface area contributed by atoms with Gasteiger partial charge in [-0.1, -0.05) is 72.8 Å². The van der Waals surface area contributed by atoms with Gasteiger partial charge >= 0.3 is 5.97 Å². The Hall–Kier alpha value is -3.99. The van der Waals surface area contributed by atoms with Crippen molar-refractivity contribution >= 4 is 23.7 Å². The largest absolute Gasteiger partial charge is 0.426 e. The van der Waals surface area contributed by atoms with E-state index >= 15 is 0 Å². The maximum atomic E-state index is 13.1. The van der Waals surface area contributed by atoms with Crippen LogP contribution < -0.4 is 4.74 Å². The number of amides is 1. The first kappa shape index (κ1) is 20.3. The number of hydrogen-bond donors (Lipinski definition) is 0. The van der Waals surface area contributed by atoms with Crippen LogP contribution in [0.5, 0.6) is 5.75 Å². The minimum atomic E-state index is -0.399. The van der Waals surface area contributed by atoms with Gasteiger partial charge in [0, 0.05) is 25.0 Å². The number of nitrogens with zero attached hydrogens (tertiary/aromatic N) is 2. The lowest BCUT2D eigenvalue weighted by Crippen LogP contribution is -2.25. The lowest BCUT2D eigenvalue weighted by atomic mass is 9.98. The Kier molecular flexibility index (Phi) is 6.03. The van der Waals surface area contributed by atoms with Gasteiger partial charge in [-0.25, -0.2) is 5.01 Å². The van der Waals surface area contributed by atoms with Gasteiger partial charge in [0.05, 0.1) is 11.8 Å². The molecule has 0 saturated carbocycles. The molecule has 1 aliphatic rings. The van der Waals surface area contributed by atoms with Gasteiger partial charge in [-0.2, -0.15) is 5.10 Å². The van der Waals surface area contributed by atoms with Gasteiger partial charge in [0.15, 0.2) is 0 Å². The molecule has 0 fully saturated rings. The SMILES string of the molecule is CC(=O)Oc1ccccc1C1=NN(C(=O)/C=C/c2ccccc2)[C@@H](c2ccccc2)C1. The smallest absolute Gasteiger partial charge is 0.308 e. The highest BCUT2D eigenvalue weighted by molar-refractivity contribution is 6.06. The molecule has 5 heteroatoms. The number of benzene rings is 3. The average Bonchev–Trinajstić information content (AvgIpc) is 3.24. The molecule has 1 atom stereocenters. The van der Waals surface area contributed by atoms with Crippen molar-refractivity contribution in [3.8, 4) is 5.75 Å². The molecule has 0 radical (unpaired) electrons. The van der Waals surface area contributed by atoms with E-state index in [0.29, 0.717) is 23.4 Å². The molecule has 5 nitrogen and oxygen atoms in total. The van der Waals surface area contributed by atoms with Crippen molar-refractivity contribution in [1.29, 1.82) is 0 Å². The number of rotatable bonds is 5. The normalized spacial score (nSPS) is 15.7. The molecule has 0 aromatic heterocycles. The zero-order valence-corrected chi connectivity index (χ0v) is 17.1. The van der Waals surface area contributed by atoms with Crippen molar-refractivity contribution in [2.24, 2.45) is 5.10 Å². The quantitative estimate of drug-likeness (QED) is 0.338. The summed E-state index contributed by atoms with van der Waals surface area (Å²) in [5, 5.41) is 6.16. The van der Waals surface area contributed by atoms with E-state index in [-0.39, 0.29) is 11.9 Å². The molecule has 0 aliphatic carbocycles. The topological polar surface area (TPSA) is 59.0 Å². The molecule has 3 aromatic rings. The Balaban J connectivity index is 1.68. The Morgan fingerprint density at radius 2 is 1.58 bits per heavy atom. The highest BCUT2D eigenvalue weighted by Crippen LogP contribution is 2.35. The number of carbonyl (C=O) groups is 2. The van der Waals surface area contributed by atoms with Crippen molar-refractivity contribution in [2.75, 3.05) is 0 Å². The van der Waals surface area contributed by atoms with Crippen LogP contribution in [0.2, 0.25) is 0 Å². The fourth-order valence-electron chi connectivity index (χ4n) is 3.57. The van der Waals surface area contributed by atoms with E-state index < -0.39 is 5.97 Å². The maximum absolute atomic E-state index is 13.1. The highest BCUT2D eigenvalue weighted by atomic mass is 16.5. The van der Waals surface area contributed by atoms with Crippen LogP contribution in [0.25, 0.3) is 6.08 Å². The van der Waals surface area contributed by atoms with E-state index in [1.807, 2.05) is 72.8 Å². The van der Waals surface area contributed by atoms with Crippen LogP contribution in [-0.4, -0.2) is 22.6 Å². The van der Waals surface area contributed by atoms with Crippen LogP contribution in [0.15, 0.2) is 96.1 Å². The molecule has 0 N–H and O–H groups in total. The van der Waals surface area contributed by atoms with Crippen molar-refractivity contribution in [3.05, 3.63) is 108 Å². The van der Waals surface area contributed by atoms with Crippen LogP contribution in [0.1, 0.15) is 36.1 Å². The van der Waals surface area contributed by atoms with Gasteiger partial charge in [0.2, 0.25) is 0 Å². The van der Waals surface area contributed by atoms with E-state index in [1.165, 1.54) is 18.0 Å². The molecular formula is C26H22N2O3. The van der Waals surface area contributed by atoms with Crippen molar-refractivity contribution in [3.63, 3.8) is 0 Å². The van der Waals surface area contributed by atoms with Crippen LogP contribution in [-0.2, 0) is 9.59 Å². The Morgan fingerprint density at radius 1 is 0.935 bits per heavy atom. The summed E-state index contributed by atoms with van der Waals surface area (Å²) >= 11 is 0. The van der Waals surface area contributed by atoms with Crippen molar-refractivity contribution in [1.82, 2.24) is 5.01 Å². The van der Waals surface area contributed by atoms with Crippen LogP contribution in [0.3, 0.4) is 0 Å². The van der Waals surface area contributed by atoms with Gasteiger partial charge in [-0.05, 0) is 29.3 Å². The zero-order chi connectivity index (χ0) is 21.6. The average molecular weight is 410 g/mol. The molecule has 4 rings (SSSR count). The van der Waals surface area contributed by atoms with Crippen molar-refractivity contribution in [2.45, 2.75) is 19.4 Å². The van der Waals surface area contributed by atoms with Gasteiger partial charge in [-0.3, -0.25) is 9.59 Å². The lowest BCUT2D eigenvalue weighted by molar-refractivity contribution is -0.132. The fourth-order valence-corrected chi connectivity index (χ4v) is 3.57. The lowest BCUT2D eigenvalue weighted by Gasteiger charge is -2.20. The first-order valence-electron chi connectivity index (χ1n) is 10.1. The van der Waals surface area contributed by atoms with E-state index in [0.717, 1.165) is 11.1 Å². The highest BCUT2D eigenvalue weighted by Gasteiger charge is 2.33. The van der Waals surface area contributed by atoms with E-state index in [4.69, 9.17) is 4.74 Å². The number of para-hydroxylation sites is 1. The minimum absolute atomic E-state index is 0.210. The summed E-state index contributed by atoms with van der Waals surface area (Å²) in [4.78, 5) is 24.6. The summed E-state index contributed by atoms with van der Waals surface area (Å²) in [6, 6.07) is 26.5. The molecule has 3 aromatic carbocycles. The standard InChI is InChI=1S/C26H22N2O3/c1-19(29)31-25-15-9-8-14-22(25)23-18-24(21-12-6-3-7-13-21)28(27-23)26(30)17-16-20-10-4-2-5-11-20/h2-17,24H,18H2,1H3/b17-16+/t24-/m1/s1. The van der Waals surface area contributed by atoms with Crippen LogP contribution in [0, 0.1) is 0 Å². The summed E-state index contributed by atoms with van der Waals surface area (Å²) in [6.45, 7) is 1.37. The number of hydrogen-bond acceptors (Lipinski definition) is 4. The molecule has 31 heavy (non-hydrogen) atoms. The molecule has 1 aliphatic heterocycles. The molecule has 0 spiro atoms. The maximum Gasteiger partial charge on any atom is 0.308 e. The summed E-state index contributed by atoms with van der Waals surface area (Å²) in [5.74, 6) is -0.170. The Labute approximate surface area is 181 Å². The molecular weight excluding hydrogens is 388 g/mol. The number of hydrazone groups is 1. The second-order valence-electron chi connectivity index (χ2n) is 7.19. The van der Waals surface area contributed by atoms with Crippen molar-refractivity contribution < 1.29 is 14.3 Å². The third-order valence-corrected chi connectivity index (χ3v) is 4.99. The molecule has 0 bridgehead atoms. The monoisotopic (exact) mass is 410 g/mol.